The van der Waals surface area contributed by atoms with Crippen LogP contribution in [0.4, 0.5) is 0 Å². The Morgan fingerprint density at radius 2 is 1.91 bits per heavy atom. The summed E-state index contributed by atoms with van der Waals surface area (Å²) in [5.41, 5.74) is 0.982. The number of nitrogens with one attached hydrogen (secondary N) is 1. The number of hydrogen-bond donors (Lipinski definition) is 1. The van der Waals surface area contributed by atoms with Gasteiger partial charge in [-0.25, -0.2) is 8.42 Å². The summed E-state index contributed by atoms with van der Waals surface area (Å²) in [5, 5.41) is 2.66. The molecule has 22 heavy (non-hydrogen) atoms. The standard InChI is InChI=1S/C15H20N2O4S/c1-21-13-4-2-11(3-5-13)8-16-15(18)12-9-17(10-12)22(19,20)14-6-7-14/h2-5,12,14H,6-10H2,1H3,(H,16,18). The number of amides is 1. The van der Waals surface area contributed by atoms with Crippen molar-refractivity contribution in [3.63, 3.8) is 0 Å². The molecule has 0 atom stereocenters. The Morgan fingerprint density at radius 1 is 1.27 bits per heavy atom. The molecule has 0 radical (unpaired) electrons. The summed E-state index contributed by atoms with van der Waals surface area (Å²) >= 11 is 0. The van der Waals surface area contributed by atoms with Crippen molar-refractivity contribution in [2.45, 2.75) is 24.6 Å². The van der Waals surface area contributed by atoms with Gasteiger partial charge in [-0.3, -0.25) is 4.79 Å². The van der Waals surface area contributed by atoms with Crippen molar-refractivity contribution in [2.24, 2.45) is 5.92 Å². The minimum atomic E-state index is -3.13. The van der Waals surface area contributed by atoms with Gasteiger partial charge in [-0.05, 0) is 30.5 Å². The summed E-state index contributed by atoms with van der Waals surface area (Å²) in [5.74, 6) is 0.458. The molecule has 3 rings (SSSR count). The van der Waals surface area contributed by atoms with Crippen molar-refractivity contribution in [1.82, 2.24) is 9.62 Å². The first-order valence-corrected chi connectivity index (χ1v) is 8.90. The second kappa shape index (κ2) is 5.89. The maximum atomic E-state index is 12.0. The van der Waals surface area contributed by atoms with Gasteiger partial charge in [0.05, 0.1) is 18.3 Å². The van der Waals surface area contributed by atoms with Crippen molar-refractivity contribution < 1.29 is 17.9 Å². The Balaban J connectivity index is 1.45. The highest BCUT2D eigenvalue weighted by Crippen LogP contribution is 2.34. The third kappa shape index (κ3) is 3.10. The van der Waals surface area contributed by atoms with Crippen molar-refractivity contribution in [3.8, 4) is 5.75 Å². The van der Waals surface area contributed by atoms with E-state index in [0.717, 1.165) is 24.2 Å². The molecule has 1 aromatic rings. The van der Waals surface area contributed by atoms with Gasteiger partial charge in [0.1, 0.15) is 5.75 Å². The maximum Gasteiger partial charge on any atom is 0.226 e. The monoisotopic (exact) mass is 324 g/mol. The van der Waals surface area contributed by atoms with Crippen molar-refractivity contribution in [3.05, 3.63) is 29.8 Å². The Morgan fingerprint density at radius 3 is 2.45 bits per heavy atom. The topological polar surface area (TPSA) is 75.7 Å². The summed E-state index contributed by atoms with van der Waals surface area (Å²) in [6.45, 7) is 1.06. The molecule has 1 amide bonds. The summed E-state index contributed by atoms with van der Waals surface area (Å²) in [6, 6.07) is 7.47. The first-order chi connectivity index (χ1) is 10.5. The molecule has 1 aliphatic carbocycles. The van der Waals surface area contributed by atoms with Crippen LogP contribution in [0, 0.1) is 5.92 Å². The van der Waals surface area contributed by atoms with Crippen LogP contribution in [0.3, 0.4) is 0 Å². The van der Waals surface area contributed by atoms with Crippen molar-refractivity contribution in [1.29, 1.82) is 0 Å². The van der Waals surface area contributed by atoms with Gasteiger partial charge in [0.25, 0.3) is 0 Å². The molecule has 0 aromatic heterocycles. The number of ether oxygens (including phenoxy) is 1. The summed E-state index contributed by atoms with van der Waals surface area (Å²) < 4.78 is 30.4. The first kappa shape index (κ1) is 15.3. The van der Waals surface area contributed by atoms with Crippen LogP contribution in [0.2, 0.25) is 0 Å². The highest BCUT2D eigenvalue weighted by Gasteiger charge is 2.46. The molecule has 7 heteroatoms. The molecule has 2 aliphatic rings. The highest BCUT2D eigenvalue weighted by atomic mass is 32.2. The Labute approximate surface area is 130 Å². The van der Waals surface area contributed by atoms with E-state index < -0.39 is 10.0 Å². The van der Waals surface area contributed by atoms with E-state index in [0.29, 0.717) is 19.6 Å². The van der Waals surface area contributed by atoms with Crippen LogP contribution in [0.5, 0.6) is 5.75 Å². The Kier molecular flexibility index (Phi) is 4.10. The number of carbonyl (C=O) groups excluding carboxylic acids is 1. The van der Waals surface area contributed by atoms with Gasteiger partial charge < -0.3 is 10.1 Å². The lowest BCUT2D eigenvalue weighted by Crippen LogP contribution is -2.56. The predicted molar refractivity (Wildman–Crippen MR) is 81.8 cm³/mol. The van der Waals surface area contributed by atoms with E-state index in [9.17, 15) is 13.2 Å². The Hall–Kier alpha value is -1.60. The zero-order valence-electron chi connectivity index (χ0n) is 12.5. The van der Waals surface area contributed by atoms with Crippen LogP contribution in [0.25, 0.3) is 0 Å². The van der Waals surface area contributed by atoms with E-state index in [-0.39, 0.29) is 17.1 Å². The van der Waals surface area contributed by atoms with Crippen molar-refractivity contribution >= 4 is 15.9 Å². The molecule has 120 valence electrons. The molecular weight excluding hydrogens is 304 g/mol. The van der Waals surface area contributed by atoms with Crippen LogP contribution in [0.15, 0.2) is 24.3 Å². The van der Waals surface area contributed by atoms with Gasteiger partial charge in [0.2, 0.25) is 15.9 Å². The van der Waals surface area contributed by atoms with Gasteiger partial charge in [-0.15, -0.1) is 0 Å². The highest BCUT2D eigenvalue weighted by molar-refractivity contribution is 7.90. The van der Waals surface area contributed by atoms with Crippen LogP contribution in [0.1, 0.15) is 18.4 Å². The second-order valence-corrected chi connectivity index (χ2v) is 8.04. The molecule has 1 aliphatic heterocycles. The number of nitrogens with zero attached hydrogens (tertiary/aromatic N) is 1. The number of benzene rings is 1. The average molecular weight is 324 g/mol. The first-order valence-electron chi connectivity index (χ1n) is 7.40. The Bertz CT molecular complexity index is 647. The fraction of sp³-hybridized carbons (Fsp3) is 0.533. The smallest absolute Gasteiger partial charge is 0.226 e. The second-order valence-electron chi connectivity index (χ2n) is 5.82. The van der Waals surface area contributed by atoms with Crippen LogP contribution >= 0.6 is 0 Å². The normalized spacial score (nSPS) is 19.5. The van der Waals surface area contributed by atoms with Crippen LogP contribution in [-0.2, 0) is 21.4 Å². The lowest BCUT2D eigenvalue weighted by Gasteiger charge is -2.37. The molecule has 0 spiro atoms. The molecular formula is C15H20N2O4S. The van der Waals surface area contributed by atoms with Gasteiger partial charge in [0, 0.05) is 19.6 Å². The third-order valence-corrected chi connectivity index (χ3v) is 6.48. The van der Waals surface area contributed by atoms with Crippen LogP contribution in [-0.4, -0.2) is 44.1 Å². The molecule has 1 saturated carbocycles. The maximum absolute atomic E-state index is 12.0. The summed E-state index contributed by atoms with van der Waals surface area (Å²) in [4.78, 5) is 12.0. The number of rotatable bonds is 6. The lowest BCUT2D eigenvalue weighted by atomic mass is 10.0. The van der Waals surface area contributed by atoms with E-state index in [4.69, 9.17) is 4.74 Å². The number of hydrogen-bond acceptors (Lipinski definition) is 4. The molecule has 1 saturated heterocycles. The quantitative estimate of drug-likeness (QED) is 0.837. The molecule has 1 N–H and O–H groups in total. The van der Waals surface area contributed by atoms with Crippen molar-refractivity contribution in [2.75, 3.05) is 20.2 Å². The van der Waals surface area contributed by atoms with E-state index >= 15 is 0 Å². The third-order valence-electron chi connectivity index (χ3n) is 4.15. The molecule has 2 fully saturated rings. The van der Waals surface area contributed by atoms with E-state index in [1.165, 1.54) is 4.31 Å². The lowest BCUT2D eigenvalue weighted by molar-refractivity contribution is -0.128. The largest absolute Gasteiger partial charge is 0.497 e. The van der Waals surface area contributed by atoms with E-state index in [1.54, 1.807) is 7.11 Å². The fourth-order valence-corrected chi connectivity index (χ4v) is 4.39. The van der Waals surface area contributed by atoms with E-state index in [1.807, 2.05) is 24.3 Å². The minimum absolute atomic E-state index is 0.0851. The van der Waals surface area contributed by atoms with E-state index in [2.05, 4.69) is 5.32 Å². The predicted octanol–water partition coefficient (Wildman–Crippen LogP) is 0.735. The number of carbonyl (C=O) groups is 1. The van der Waals surface area contributed by atoms with Gasteiger partial charge >= 0.3 is 0 Å². The van der Waals surface area contributed by atoms with Gasteiger partial charge in [-0.1, -0.05) is 12.1 Å². The molecule has 6 nitrogen and oxygen atoms in total. The SMILES string of the molecule is COc1ccc(CNC(=O)C2CN(S(=O)(=O)C3CC3)C2)cc1. The fourth-order valence-electron chi connectivity index (χ4n) is 2.47. The minimum Gasteiger partial charge on any atom is -0.497 e. The zero-order valence-corrected chi connectivity index (χ0v) is 13.3. The van der Waals surface area contributed by atoms with Gasteiger partial charge in [0.15, 0.2) is 0 Å². The average Bonchev–Trinajstić information content (AvgIpc) is 3.28. The summed E-state index contributed by atoms with van der Waals surface area (Å²) in [6.07, 6.45) is 1.51. The molecule has 1 heterocycles. The molecule has 1 aromatic carbocycles. The molecule has 0 unspecified atom stereocenters. The number of sulfonamides is 1. The van der Waals surface area contributed by atoms with Gasteiger partial charge in [-0.2, -0.15) is 4.31 Å². The summed E-state index contributed by atoms with van der Waals surface area (Å²) in [7, 11) is -1.52. The van der Waals surface area contributed by atoms with Crippen LogP contribution < -0.4 is 10.1 Å². The number of methoxy groups -OCH3 is 1. The molecule has 0 bridgehead atoms. The zero-order chi connectivity index (χ0) is 15.7.